The highest BCUT2D eigenvalue weighted by Crippen LogP contribution is 2.42. The summed E-state index contributed by atoms with van der Waals surface area (Å²) in [7, 11) is 0. The van der Waals surface area contributed by atoms with E-state index >= 15 is 0 Å². The highest BCUT2D eigenvalue weighted by molar-refractivity contribution is 5.79. The van der Waals surface area contributed by atoms with Crippen molar-refractivity contribution < 1.29 is 0 Å². The lowest BCUT2D eigenvalue weighted by atomic mass is 9.70. The fourth-order valence-corrected chi connectivity index (χ4v) is 2.74. The predicted molar refractivity (Wildman–Crippen MR) is 70.8 cm³/mol. The molecule has 2 aromatic rings. The number of aromatic nitrogens is 2. The molecular weight excluding hydrogens is 210 g/mol. The number of fused-ring (bicyclic) bond motifs is 1. The molecule has 3 heteroatoms. The Morgan fingerprint density at radius 2 is 2.18 bits per heavy atom. The van der Waals surface area contributed by atoms with E-state index in [0.717, 1.165) is 12.1 Å². The van der Waals surface area contributed by atoms with Gasteiger partial charge >= 0.3 is 0 Å². The first kappa shape index (κ1) is 10.6. The number of rotatable bonds is 2. The Hall–Kier alpha value is -1.51. The van der Waals surface area contributed by atoms with Crippen LogP contribution in [-0.2, 0) is 6.54 Å². The van der Waals surface area contributed by atoms with Gasteiger partial charge < -0.3 is 10.3 Å². The zero-order chi connectivity index (χ0) is 12.0. The van der Waals surface area contributed by atoms with Crippen LogP contribution in [0.4, 0.5) is 5.95 Å². The van der Waals surface area contributed by atoms with E-state index in [2.05, 4.69) is 41.6 Å². The monoisotopic (exact) mass is 229 g/mol. The van der Waals surface area contributed by atoms with Crippen molar-refractivity contribution in [2.45, 2.75) is 39.7 Å². The maximum atomic E-state index is 6.04. The van der Waals surface area contributed by atoms with Crippen LogP contribution in [0.15, 0.2) is 18.2 Å². The summed E-state index contributed by atoms with van der Waals surface area (Å²) < 4.78 is 2.18. The first-order valence-corrected chi connectivity index (χ1v) is 6.30. The average molecular weight is 229 g/mol. The predicted octanol–water partition coefficient (Wildman–Crippen LogP) is 3.12. The lowest BCUT2D eigenvalue weighted by Crippen LogP contribution is -2.31. The number of hydrogen-bond donors (Lipinski definition) is 1. The number of nitrogens with two attached hydrogens (primary N) is 1. The Bertz CT molecular complexity index is 564. The zero-order valence-electron chi connectivity index (χ0n) is 10.5. The molecule has 0 saturated heterocycles. The Balaban J connectivity index is 2.07. The zero-order valence-corrected chi connectivity index (χ0v) is 10.5. The van der Waals surface area contributed by atoms with Crippen molar-refractivity contribution in [3.05, 3.63) is 23.8 Å². The molecule has 1 aliphatic rings. The number of nitrogen functional groups attached to an aromatic ring is 1. The molecule has 2 N–H and O–H groups in total. The van der Waals surface area contributed by atoms with Gasteiger partial charge in [-0.15, -0.1) is 0 Å². The summed E-state index contributed by atoms with van der Waals surface area (Å²) in [5.41, 5.74) is 9.91. The smallest absolute Gasteiger partial charge is 0.201 e. The Morgan fingerprint density at radius 1 is 1.41 bits per heavy atom. The number of benzene rings is 1. The van der Waals surface area contributed by atoms with Crippen LogP contribution in [-0.4, -0.2) is 9.55 Å². The van der Waals surface area contributed by atoms with Crippen LogP contribution in [0, 0.1) is 12.3 Å². The SMILES string of the molecule is Cc1ccc2nc(N)n(CC3(C)CCC3)c2c1. The summed E-state index contributed by atoms with van der Waals surface area (Å²) in [5, 5.41) is 0. The first-order chi connectivity index (χ1) is 8.07. The molecule has 1 saturated carbocycles. The molecular formula is C14H19N3. The Morgan fingerprint density at radius 3 is 2.82 bits per heavy atom. The van der Waals surface area contributed by atoms with E-state index in [-0.39, 0.29) is 0 Å². The summed E-state index contributed by atoms with van der Waals surface area (Å²) in [6, 6.07) is 6.32. The second-order valence-electron chi connectivity index (χ2n) is 5.71. The van der Waals surface area contributed by atoms with Crippen LogP contribution in [0.3, 0.4) is 0 Å². The molecule has 0 radical (unpaired) electrons. The molecule has 17 heavy (non-hydrogen) atoms. The van der Waals surface area contributed by atoms with Gasteiger partial charge in [-0.2, -0.15) is 0 Å². The third-order valence-electron chi connectivity index (χ3n) is 4.03. The van der Waals surface area contributed by atoms with E-state index < -0.39 is 0 Å². The first-order valence-electron chi connectivity index (χ1n) is 6.30. The van der Waals surface area contributed by atoms with Crippen molar-refractivity contribution in [2.75, 3.05) is 5.73 Å². The normalized spacial score (nSPS) is 18.2. The highest BCUT2D eigenvalue weighted by Gasteiger charge is 2.33. The molecule has 0 spiro atoms. The van der Waals surface area contributed by atoms with Crippen LogP contribution in [0.5, 0.6) is 0 Å². The van der Waals surface area contributed by atoms with Crippen LogP contribution in [0.1, 0.15) is 31.7 Å². The average Bonchev–Trinajstić information content (AvgIpc) is 2.53. The maximum absolute atomic E-state index is 6.04. The third kappa shape index (κ3) is 1.70. The molecule has 3 nitrogen and oxygen atoms in total. The minimum Gasteiger partial charge on any atom is -0.369 e. The second kappa shape index (κ2) is 3.49. The van der Waals surface area contributed by atoms with Gasteiger partial charge in [0.25, 0.3) is 0 Å². The number of anilines is 1. The number of hydrogen-bond acceptors (Lipinski definition) is 2. The van der Waals surface area contributed by atoms with Crippen LogP contribution in [0.2, 0.25) is 0 Å². The summed E-state index contributed by atoms with van der Waals surface area (Å²) in [4.78, 5) is 4.44. The van der Waals surface area contributed by atoms with Gasteiger partial charge in [0.1, 0.15) is 0 Å². The van der Waals surface area contributed by atoms with Crippen LogP contribution >= 0.6 is 0 Å². The molecule has 1 heterocycles. The van der Waals surface area contributed by atoms with Gasteiger partial charge in [-0.05, 0) is 42.9 Å². The van der Waals surface area contributed by atoms with E-state index in [1.165, 1.54) is 30.3 Å². The Labute approximate surface area is 102 Å². The second-order valence-corrected chi connectivity index (χ2v) is 5.71. The molecule has 0 bridgehead atoms. The summed E-state index contributed by atoms with van der Waals surface area (Å²) >= 11 is 0. The van der Waals surface area contributed by atoms with Crippen molar-refractivity contribution >= 4 is 17.0 Å². The Kier molecular flexibility index (Phi) is 2.18. The summed E-state index contributed by atoms with van der Waals surface area (Å²) in [6.07, 6.45) is 3.96. The van der Waals surface area contributed by atoms with Gasteiger partial charge in [0.2, 0.25) is 5.95 Å². The molecule has 3 rings (SSSR count). The molecule has 1 fully saturated rings. The molecule has 1 aromatic heterocycles. The van der Waals surface area contributed by atoms with Gasteiger partial charge in [-0.3, -0.25) is 0 Å². The van der Waals surface area contributed by atoms with E-state index in [0.29, 0.717) is 11.4 Å². The molecule has 1 aliphatic carbocycles. The third-order valence-corrected chi connectivity index (χ3v) is 4.03. The minimum absolute atomic E-state index is 0.422. The highest BCUT2D eigenvalue weighted by atomic mass is 15.2. The lowest BCUT2D eigenvalue weighted by Gasteiger charge is -2.38. The minimum atomic E-state index is 0.422. The van der Waals surface area contributed by atoms with E-state index in [1.54, 1.807) is 0 Å². The number of imidazole rings is 1. The van der Waals surface area contributed by atoms with Gasteiger partial charge in [0.15, 0.2) is 0 Å². The van der Waals surface area contributed by atoms with E-state index in [9.17, 15) is 0 Å². The molecule has 0 atom stereocenters. The molecule has 1 aromatic carbocycles. The summed E-state index contributed by atoms with van der Waals surface area (Å²) in [5.74, 6) is 0.652. The number of aryl methyl sites for hydroxylation is 1. The number of nitrogens with zero attached hydrogens (tertiary/aromatic N) is 2. The fourth-order valence-electron chi connectivity index (χ4n) is 2.74. The van der Waals surface area contributed by atoms with Crippen LogP contribution < -0.4 is 5.73 Å². The molecule has 0 aliphatic heterocycles. The van der Waals surface area contributed by atoms with Crippen LogP contribution in [0.25, 0.3) is 11.0 Å². The standard InChI is InChI=1S/C14H19N3/c1-10-4-5-11-12(8-10)17(13(15)16-11)9-14(2)6-3-7-14/h4-5,8H,3,6-7,9H2,1-2H3,(H2,15,16). The van der Waals surface area contributed by atoms with Crippen molar-refractivity contribution in [3.8, 4) is 0 Å². The maximum Gasteiger partial charge on any atom is 0.201 e. The van der Waals surface area contributed by atoms with Gasteiger partial charge in [-0.1, -0.05) is 19.4 Å². The molecule has 0 amide bonds. The summed E-state index contributed by atoms with van der Waals surface area (Å²) in [6.45, 7) is 5.45. The van der Waals surface area contributed by atoms with Gasteiger partial charge in [0, 0.05) is 6.54 Å². The molecule has 90 valence electrons. The van der Waals surface area contributed by atoms with E-state index in [1.807, 2.05) is 0 Å². The quantitative estimate of drug-likeness (QED) is 0.859. The van der Waals surface area contributed by atoms with Gasteiger partial charge in [-0.25, -0.2) is 4.98 Å². The lowest BCUT2D eigenvalue weighted by molar-refractivity contribution is 0.135. The van der Waals surface area contributed by atoms with Gasteiger partial charge in [0.05, 0.1) is 11.0 Å². The van der Waals surface area contributed by atoms with Crippen molar-refractivity contribution in [1.82, 2.24) is 9.55 Å². The van der Waals surface area contributed by atoms with Crippen molar-refractivity contribution in [3.63, 3.8) is 0 Å². The largest absolute Gasteiger partial charge is 0.369 e. The van der Waals surface area contributed by atoms with Crippen molar-refractivity contribution in [2.24, 2.45) is 5.41 Å². The fraction of sp³-hybridized carbons (Fsp3) is 0.500. The van der Waals surface area contributed by atoms with E-state index in [4.69, 9.17) is 5.73 Å². The van der Waals surface area contributed by atoms with Crippen molar-refractivity contribution in [1.29, 1.82) is 0 Å². The molecule has 0 unspecified atom stereocenters. The topological polar surface area (TPSA) is 43.8 Å².